The summed E-state index contributed by atoms with van der Waals surface area (Å²) >= 11 is 1.40. The van der Waals surface area contributed by atoms with Gasteiger partial charge in [-0.3, -0.25) is 14.8 Å². The van der Waals surface area contributed by atoms with E-state index in [1.165, 1.54) is 11.3 Å². The van der Waals surface area contributed by atoms with Gasteiger partial charge in [-0.1, -0.05) is 5.16 Å². The molecule has 1 aliphatic heterocycles. The Labute approximate surface area is 147 Å². The second-order valence-electron chi connectivity index (χ2n) is 5.87. The van der Waals surface area contributed by atoms with E-state index in [4.69, 9.17) is 4.52 Å². The molecule has 0 spiro atoms. The molecular formula is C16H16N6O2S. The molecule has 0 atom stereocenters. The molecule has 1 amide bonds. The Balaban J connectivity index is 1.42. The molecule has 4 rings (SSSR count). The van der Waals surface area contributed by atoms with Crippen molar-refractivity contribution in [1.29, 1.82) is 0 Å². The summed E-state index contributed by atoms with van der Waals surface area (Å²) in [7, 11) is 0. The largest absolute Gasteiger partial charge is 0.339 e. The number of rotatable bonds is 3. The van der Waals surface area contributed by atoms with Crippen LogP contribution in [0.3, 0.4) is 0 Å². The Bertz CT molecular complexity index is 870. The van der Waals surface area contributed by atoms with Gasteiger partial charge in [0, 0.05) is 36.8 Å². The van der Waals surface area contributed by atoms with E-state index < -0.39 is 0 Å². The van der Waals surface area contributed by atoms with Gasteiger partial charge in [-0.2, -0.15) is 4.98 Å². The first-order valence-electron chi connectivity index (χ1n) is 8.02. The number of aryl methyl sites for hydroxylation is 1. The number of hydrogen-bond acceptors (Lipinski definition) is 8. The van der Waals surface area contributed by atoms with E-state index in [2.05, 4.69) is 25.1 Å². The van der Waals surface area contributed by atoms with Gasteiger partial charge < -0.3 is 9.42 Å². The summed E-state index contributed by atoms with van der Waals surface area (Å²) in [5, 5.41) is 6.32. The highest BCUT2D eigenvalue weighted by Crippen LogP contribution is 2.28. The average Bonchev–Trinajstić information content (AvgIpc) is 3.31. The topological polar surface area (TPSA) is 97.9 Å². The molecule has 0 N–H and O–H groups in total. The molecular weight excluding hydrogens is 340 g/mol. The zero-order valence-electron chi connectivity index (χ0n) is 13.6. The van der Waals surface area contributed by atoms with Gasteiger partial charge in [0.15, 0.2) is 5.82 Å². The molecule has 4 heterocycles. The molecule has 1 fully saturated rings. The number of nitrogens with zero attached hydrogens (tertiary/aromatic N) is 6. The van der Waals surface area contributed by atoms with Crippen LogP contribution in [0.25, 0.3) is 10.7 Å². The van der Waals surface area contributed by atoms with Crippen LogP contribution in [0, 0.1) is 6.92 Å². The van der Waals surface area contributed by atoms with Gasteiger partial charge >= 0.3 is 0 Å². The SMILES string of the molecule is Cc1noc(C2CCN(C(=O)c3csc(-c4cnccn4)n3)CC2)n1. The fraction of sp³-hybridized carbons (Fsp3) is 0.375. The molecule has 1 aliphatic rings. The van der Waals surface area contributed by atoms with Gasteiger partial charge in [-0.15, -0.1) is 11.3 Å². The number of carbonyl (C=O) groups is 1. The van der Waals surface area contributed by atoms with Gasteiger partial charge in [0.1, 0.15) is 16.4 Å². The van der Waals surface area contributed by atoms with Crippen LogP contribution >= 0.6 is 11.3 Å². The molecule has 0 aromatic carbocycles. The lowest BCUT2D eigenvalue weighted by molar-refractivity contribution is 0.0699. The van der Waals surface area contributed by atoms with Gasteiger partial charge in [0.2, 0.25) is 5.89 Å². The number of thiazole rings is 1. The molecule has 3 aromatic heterocycles. The van der Waals surface area contributed by atoms with Gasteiger partial charge in [0.25, 0.3) is 5.91 Å². The maximum atomic E-state index is 12.7. The summed E-state index contributed by atoms with van der Waals surface area (Å²) in [6.45, 7) is 3.12. The van der Waals surface area contributed by atoms with Crippen LogP contribution in [0.1, 0.15) is 41.0 Å². The normalized spacial score (nSPS) is 15.5. The molecule has 128 valence electrons. The Morgan fingerprint density at radius 2 is 2.12 bits per heavy atom. The lowest BCUT2D eigenvalue weighted by Crippen LogP contribution is -2.38. The third-order valence-corrected chi connectivity index (χ3v) is 5.05. The molecule has 25 heavy (non-hydrogen) atoms. The first-order valence-corrected chi connectivity index (χ1v) is 8.90. The van der Waals surface area contributed by atoms with E-state index >= 15 is 0 Å². The lowest BCUT2D eigenvalue weighted by Gasteiger charge is -2.29. The van der Waals surface area contributed by atoms with E-state index in [9.17, 15) is 4.79 Å². The zero-order valence-corrected chi connectivity index (χ0v) is 14.4. The molecule has 0 unspecified atom stereocenters. The second kappa shape index (κ2) is 6.67. The van der Waals surface area contributed by atoms with Crippen molar-refractivity contribution in [2.24, 2.45) is 0 Å². The highest BCUT2D eigenvalue weighted by molar-refractivity contribution is 7.13. The lowest BCUT2D eigenvalue weighted by atomic mass is 9.96. The minimum atomic E-state index is -0.0495. The summed E-state index contributed by atoms with van der Waals surface area (Å²) in [6, 6.07) is 0. The summed E-state index contributed by atoms with van der Waals surface area (Å²) in [5.74, 6) is 1.48. The van der Waals surface area contributed by atoms with Crippen molar-refractivity contribution in [3.63, 3.8) is 0 Å². The summed E-state index contributed by atoms with van der Waals surface area (Å²) in [4.78, 5) is 31.5. The number of likely N-dealkylation sites (tertiary alicyclic amines) is 1. The third-order valence-electron chi connectivity index (χ3n) is 4.18. The second-order valence-corrected chi connectivity index (χ2v) is 6.73. The van der Waals surface area contributed by atoms with Crippen LogP contribution in [0.15, 0.2) is 28.5 Å². The molecule has 0 saturated carbocycles. The van der Waals surface area contributed by atoms with Crippen LogP contribution in [-0.4, -0.2) is 49.0 Å². The zero-order chi connectivity index (χ0) is 17.2. The number of piperidine rings is 1. The minimum Gasteiger partial charge on any atom is -0.339 e. The minimum absolute atomic E-state index is 0.0495. The van der Waals surface area contributed by atoms with Crippen molar-refractivity contribution >= 4 is 17.2 Å². The Morgan fingerprint density at radius 1 is 1.28 bits per heavy atom. The van der Waals surface area contributed by atoms with Crippen LogP contribution in [0.5, 0.6) is 0 Å². The molecule has 8 nitrogen and oxygen atoms in total. The van der Waals surface area contributed by atoms with Crippen molar-refractivity contribution in [2.45, 2.75) is 25.7 Å². The smallest absolute Gasteiger partial charge is 0.273 e. The highest BCUT2D eigenvalue weighted by Gasteiger charge is 2.28. The van der Waals surface area contributed by atoms with Gasteiger partial charge in [-0.25, -0.2) is 4.98 Å². The molecule has 9 heteroatoms. The van der Waals surface area contributed by atoms with Crippen molar-refractivity contribution in [1.82, 2.24) is 30.0 Å². The first kappa shape index (κ1) is 15.8. The van der Waals surface area contributed by atoms with E-state index in [0.29, 0.717) is 41.2 Å². The third kappa shape index (κ3) is 3.27. The maximum Gasteiger partial charge on any atom is 0.273 e. The fourth-order valence-corrected chi connectivity index (χ4v) is 3.62. The summed E-state index contributed by atoms with van der Waals surface area (Å²) in [5.41, 5.74) is 1.13. The average molecular weight is 356 g/mol. The Morgan fingerprint density at radius 3 is 2.80 bits per heavy atom. The highest BCUT2D eigenvalue weighted by atomic mass is 32.1. The molecule has 0 bridgehead atoms. The monoisotopic (exact) mass is 356 g/mol. The Kier molecular flexibility index (Phi) is 4.22. The van der Waals surface area contributed by atoms with E-state index in [-0.39, 0.29) is 11.8 Å². The molecule has 0 aliphatic carbocycles. The first-order chi connectivity index (χ1) is 12.2. The molecule has 0 radical (unpaired) electrons. The number of carbonyl (C=O) groups excluding carboxylic acids is 1. The molecule has 3 aromatic rings. The van der Waals surface area contributed by atoms with Gasteiger partial charge in [0.05, 0.1) is 6.20 Å². The van der Waals surface area contributed by atoms with Crippen LogP contribution in [-0.2, 0) is 0 Å². The maximum absolute atomic E-state index is 12.7. The predicted octanol–water partition coefficient (Wildman–Crippen LogP) is 2.31. The van der Waals surface area contributed by atoms with E-state index in [1.807, 2.05) is 11.8 Å². The van der Waals surface area contributed by atoms with Crippen molar-refractivity contribution in [2.75, 3.05) is 13.1 Å². The standard InChI is InChI=1S/C16H16N6O2S/c1-10-19-14(24-21-10)11-2-6-22(7-3-11)16(23)13-9-25-15(20-13)12-8-17-4-5-18-12/h4-5,8-9,11H,2-3,6-7H2,1H3. The van der Waals surface area contributed by atoms with Crippen molar-refractivity contribution in [3.05, 3.63) is 41.4 Å². The molecule has 1 saturated heterocycles. The Hall–Kier alpha value is -2.68. The fourth-order valence-electron chi connectivity index (χ4n) is 2.87. The summed E-state index contributed by atoms with van der Waals surface area (Å²) in [6.07, 6.45) is 6.49. The van der Waals surface area contributed by atoms with Crippen LogP contribution in [0.4, 0.5) is 0 Å². The van der Waals surface area contributed by atoms with Crippen molar-refractivity contribution in [3.8, 4) is 10.7 Å². The quantitative estimate of drug-likeness (QED) is 0.710. The van der Waals surface area contributed by atoms with Crippen LogP contribution < -0.4 is 0 Å². The predicted molar refractivity (Wildman–Crippen MR) is 90.1 cm³/mol. The number of amides is 1. The number of hydrogen-bond donors (Lipinski definition) is 0. The van der Waals surface area contributed by atoms with Crippen molar-refractivity contribution < 1.29 is 9.32 Å². The van der Waals surface area contributed by atoms with E-state index in [0.717, 1.165) is 12.8 Å². The number of aromatic nitrogens is 5. The van der Waals surface area contributed by atoms with Gasteiger partial charge in [-0.05, 0) is 19.8 Å². The van der Waals surface area contributed by atoms with E-state index in [1.54, 1.807) is 24.0 Å². The summed E-state index contributed by atoms with van der Waals surface area (Å²) < 4.78 is 5.25. The van der Waals surface area contributed by atoms with Crippen LogP contribution in [0.2, 0.25) is 0 Å².